The SMILES string of the molecule is C=C(C)C(=O)OC.C=C(C)C(=O)OC(C)OC. The van der Waals surface area contributed by atoms with Gasteiger partial charge in [0, 0.05) is 18.3 Å². The van der Waals surface area contributed by atoms with Crippen LogP contribution in [0.3, 0.4) is 0 Å². The number of carbonyl (C=O) groups is 2. The molecular weight excluding hydrogens is 224 g/mol. The standard InChI is InChI=1S/C7H12O3.C5H8O2/c1-5(2)7(8)10-6(3)9-4;1-4(2)5(6)7-3/h6H,1H2,2-4H3;1H2,2-3H3. The predicted octanol–water partition coefficient (Wildman–Crippen LogP) is 1.83. The Hall–Kier alpha value is -1.62. The average molecular weight is 244 g/mol. The maximum Gasteiger partial charge on any atom is 0.335 e. The summed E-state index contributed by atoms with van der Waals surface area (Å²) in [5.41, 5.74) is 0.811. The van der Waals surface area contributed by atoms with Crippen molar-refractivity contribution in [1.29, 1.82) is 0 Å². The van der Waals surface area contributed by atoms with Gasteiger partial charge in [-0.3, -0.25) is 0 Å². The van der Waals surface area contributed by atoms with Gasteiger partial charge in [0.2, 0.25) is 0 Å². The molecule has 0 radical (unpaired) electrons. The second-order valence-corrected chi connectivity index (χ2v) is 3.26. The fourth-order valence-corrected chi connectivity index (χ4v) is 0.474. The summed E-state index contributed by atoms with van der Waals surface area (Å²) in [7, 11) is 2.80. The summed E-state index contributed by atoms with van der Waals surface area (Å²) in [5.74, 6) is -0.769. The first-order chi connectivity index (χ1) is 7.76. The highest BCUT2D eigenvalue weighted by Gasteiger charge is 2.07. The number of hydrogen-bond donors (Lipinski definition) is 0. The molecule has 17 heavy (non-hydrogen) atoms. The van der Waals surface area contributed by atoms with E-state index in [2.05, 4.69) is 22.6 Å². The van der Waals surface area contributed by atoms with Gasteiger partial charge < -0.3 is 14.2 Å². The molecule has 0 rings (SSSR count). The highest BCUT2D eigenvalue weighted by atomic mass is 16.7. The number of rotatable bonds is 4. The smallest absolute Gasteiger partial charge is 0.335 e. The summed E-state index contributed by atoms with van der Waals surface area (Å²) < 4.78 is 13.7. The molecule has 0 aromatic rings. The third kappa shape index (κ3) is 10.7. The second kappa shape index (κ2) is 9.59. The monoisotopic (exact) mass is 244 g/mol. The van der Waals surface area contributed by atoms with Crippen LogP contribution < -0.4 is 0 Å². The first-order valence-electron chi connectivity index (χ1n) is 4.89. The minimum atomic E-state index is -0.496. The van der Waals surface area contributed by atoms with E-state index in [1.54, 1.807) is 20.8 Å². The van der Waals surface area contributed by atoms with Crippen LogP contribution in [0.25, 0.3) is 0 Å². The molecule has 0 aliphatic heterocycles. The van der Waals surface area contributed by atoms with E-state index >= 15 is 0 Å². The third-order valence-corrected chi connectivity index (χ3v) is 1.49. The van der Waals surface area contributed by atoms with E-state index < -0.39 is 12.3 Å². The molecule has 0 saturated heterocycles. The van der Waals surface area contributed by atoms with E-state index in [1.165, 1.54) is 14.2 Å². The van der Waals surface area contributed by atoms with Crippen LogP contribution in [0.15, 0.2) is 24.3 Å². The summed E-state index contributed by atoms with van der Waals surface area (Å²) in [6, 6.07) is 0. The topological polar surface area (TPSA) is 61.8 Å². The number of ether oxygens (including phenoxy) is 3. The van der Waals surface area contributed by atoms with Gasteiger partial charge in [0.05, 0.1) is 7.11 Å². The zero-order valence-electron chi connectivity index (χ0n) is 11.0. The minimum absolute atomic E-state index is 0.347. The lowest BCUT2D eigenvalue weighted by Gasteiger charge is -2.09. The Labute approximate surface area is 102 Å². The van der Waals surface area contributed by atoms with Crippen molar-refractivity contribution in [2.45, 2.75) is 27.1 Å². The zero-order chi connectivity index (χ0) is 14.0. The fourth-order valence-electron chi connectivity index (χ4n) is 0.474. The molecule has 1 unspecified atom stereocenters. The molecule has 0 aromatic carbocycles. The Bertz CT molecular complexity index is 293. The Balaban J connectivity index is 0. The van der Waals surface area contributed by atoms with E-state index in [-0.39, 0.29) is 5.97 Å². The van der Waals surface area contributed by atoms with Crippen molar-refractivity contribution >= 4 is 11.9 Å². The number of hydrogen-bond acceptors (Lipinski definition) is 5. The van der Waals surface area contributed by atoms with Gasteiger partial charge in [-0.1, -0.05) is 13.2 Å². The zero-order valence-corrected chi connectivity index (χ0v) is 11.0. The first kappa shape index (κ1) is 17.8. The van der Waals surface area contributed by atoms with Gasteiger partial charge in [-0.2, -0.15) is 0 Å². The molecular formula is C12H20O5. The van der Waals surface area contributed by atoms with E-state index in [1.807, 2.05) is 0 Å². The molecule has 0 fully saturated rings. The second-order valence-electron chi connectivity index (χ2n) is 3.26. The Morgan fingerprint density at radius 2 is 1.41 bits per heavy atom. The van der Waals surface area contributed by atoms with Crippen LogP contribution in [0.5, 0.6) is 0 Å². The van der Waals surface area contributed by atoms with Crippen molar-refractivity contribution in [1.82, 2.24) is 0 Å². The van der Waals surface area contributed by atoms with E-state index in [9.17, 15) is 9.59 Å². The van der Waals surface area contributed by atoms with Crippen molar-refractivity contribution in [3.05, 3.63) is 24.3 Å². The first-order valence-corrected chi connectivity index (χ1v) is 4.89. The van der Waals surface area contributed by atoms with Crippen molar-refractivity contribution in [2.24, 2.45) is 0 Å². The largest absolute Gasteiger partial charge is 0.466 e. The van der Waals surface area contributed by atoms with E-state index in [0.29, 0.717) is 11.1 Å². The molecule has 5 heteroatoms. The lowest BCUT2D eigenvalue weighted by Crippen LogP contribution is -2.16. The molecule has 0 aromatic heterocycles. The predicted molar refractivity (Wildman–Crippen MR) is 64.2 cm³/mol. The van der Waals surface area contributed by atoms with E-state index in [4.69, 9.17) is 4.74 Å². The molecule has 0 aliphatic rings. The molecule has 1 atom stereocenters. The van der Waals surface area contributed by atoms with Crippen LogP contribution in [0.4, 0.5) is 0 Å². The summed E-state index contributed by atoms with van der Waals surface area (Å²) in [5, 5.41) is 0. The lowest BCUT2D eigenvalue weighted by molar-refractivity contribution is -0.164. The van der Waals surface area contributed by atoms with Crippen LogP contribution in [0, 0.1) is 0 Å². The molecule has 0 heterocycles. The Morgan fingerprint density at radius 3 is 1.59 bits per heavy atom. The molecule has 0 amide bonds. The average Bonchev–Trinajstić information content (AvgIpc) is 2.28. The lowest BCUT2D eigenvalue weighted by atomic mass is 10.4. The van der Waals surface area contributed by atoms with Crippen molar-refractivity contribution in [2.75, 3.05) is 14.2 Å². The molecule has 0 bridgehead atoms. The summed E-state index contributed by atoms with van der Waals surface area (Å²) in [6.07, 6.45) is -0.496. The third-order valence-electron chi connectivity index (χ3n) is 1.49. The van der Waals surface area contributed by atoms with Crippen LogP contribution in [-0.4, -0.2) is 32.4 Å². The number of esters is 2. The highest BCUT2D eigenvalue weighted by Crippen LogP contribution is 1.97. The van der Waals surface area contributed by atoms with Crippen LogP contribution in [-0.2, 0) is 23.8 Å². The van der Waals surface area contributed by atoms with Crippen LogP contribution >= 0.6 is 0 Å². The van der Waals surface area contributed by atoms with E-state index in [0.717, 1.165) is 0 Å². The van der Waals surface area contributed by atoms with Gasteiger partial charge in [0.25, 0.3) is 0 Å². The maximum atomic E-state index is 10.7. The van der Waals surface area contributed by atoms with Gasteiger partial charge in [0.1, 0.15) is 0 Å². The molecule has 0 saturated carbocycles. The van der Waals surface area contributed by atoms with Crippen molar-refractivity contribution in [3.8, 4) is 0 Å². The molecule has 0 spiro atoms. The number of carbonyl (C=O) groups excluding carboxylic acids is 2. The summed E-state index contributed by atoms with van der Waals surface area (Å²) in [6.45, 7) is 11.6. The summed E-state index contributed by atoms with van der Waals surface area (Å²) >= 11 is 0. The molecule has 98 valence electrons. The summed E-state index contributed by atoms with van der Waals surface area (Å²) in [4.78, 5) is 20.9. The van der Waals surface area contributed by atoms with Gasteiger partial charge >= 0.3 is 11.9 Å². The molecule has 5 nitrogen and oxygen atoms in total. The Morgan fingerprint density at radius 1 is 1.00 bits per heavy atom. The van der Waals surface area contributed by atoms with Crippen molar-refractivity contribution in [3.63, 3.8) is 0 Å². The van der Waals surface area contributed by atoms with Gasteiger partial charge in [-0.05, 0) is 20.8 Å². The minimum Gasteiger partial charge on any atom is -0.466 e. The van der Waals surface area contributed by atoms with Gasteiger partial charge in [0.15, 0.2) is 6.29 Å². The van der Waals surface area contributed by atoms with Gasteiger partial charge in [-0.25, -0.2) is 9.59 Å². The Kier molecular flexibility index (Phi) is 10.0. The number of methoxy groups -OCH3 is 2. The normalized spacial score (nSPS) is 10.4. The van der Waals surface area contributed by atoms with Gasteiger partial charge in [-0.15, -0.1) is 0 Å². The van der Waals surface area contributed by atoms with Crippen LogP contribution in [0.2, 0.25) is 0 Å². The highest BCUT2D eigenvalue weighted by molar-refractivity contribution is 5.87. The van der Waals surface area contributed by atoms with Crippen LogP contribution in [0.1, 0.15) is 20.8 Å². The van der Waals surface area contributed by atoms with Crippen molar-refractivity contribution < 1.29 is 23.8 Å². The maximum absolute atomic E-state index is 10.7. The molecule has 0 N–H and O–H groups in total. The molecule has 0 aliphatic carbocycles. The quantitative estimate of drug-likeness (QED) is 0.429. The fraction of sp³-hybridized carbons (Fsp3) is 0.500.